The van der Waals surface area contributed by atoms with E-state index < -0.39 is 120 Å². The summed E-state index contributed by atoms with van der Waals surface area (Å²) in [4.78, 5) is 0. The van der Waals surface area contributed by atoms with Crippen molar-refractivity contribution in [2.45, 2.75) is 185 Å². The average molecular weight is 817 g/mol. The molecule has 0 aromatic rings. The van der Waals surface area contributed by atoms with E-state index >= 15 is 0 Å². The standard InChI is InChI=1S/C42H72O15/c1-20(17-43)9-8-12-42(7,53)21-10-14-40(5)28(21)22(46)15-26-39(4)13-11-27(47)38(2,3)35(39)23(16-41(26,40)6)54-37-34(32(51)30(49)25(19-45)56-37)57-36-33(52)31(50)29(48)24(18-44)55-36/h9,21-37,43-53H,8,10-19H2,1-7H3/b20-9-/t21-,22+,23-,24+,25+,26+,27-,28-,29+,30+,31-,32-,33+,34+,35-,36-,37+,39+,40+,41+,42-/m0/s1. The molecule has 4 aliphatic carbocycles. The van der Waals surface area contributed by atoms with Gasteiger partial charge < -0.3 is 75.1 Å². The van der Waals surface area contributed by atoms with E-state index in [1.165, 1.54) is 0 Å². The highest BCUT2D eigenvalue weighted by molar-refractivity contribution is 5.22. The highest BCUT2D eigenvalue weighted by atomic mass is 16.8. The van der Waals surface area contributed by atoms with E-state index in [0.29, 0.717) is 44.9 Å². The smallest absolute Gasteiger partial charge is 0.187 e. The molecule has 0 radical (unpaired) electrons. The molecule has 6 rings (SSSR count). The maximum Gasteiger partial charge on any atom is 0.187 e. The fraction of sp³-hybridized carbons (Fsp3) is 0.952. The van der Waals surface area contributed by atoms with Gasteiger partial charge in [0.25, 0.3) is 0 Å². The van der Waals surface area contributed by atoms with Gasteiger partial charge in [-0.1, -0.05) is 46.3 Å². The SMILES string of the molecule is C/C(=C/CC[C@](C)(O)[C@H]1CC[C@]2(C)[C@@H]1[C@H](O)C[C@@H]1[C@@]3(C)CC[C@H](O)C(C)(C)[C@@H]3[C@@H](O[C@@H]3O[C@H](CO)[C@@H](O)[C@H](O)[C@H]3O[C@@H]3O[C@H](CO)[C@@H](O)[C@H](O)[C@H]3O)C[C@]12C)CO. The molecule has 2 aliphatic heterocycles. The first-order chi connectivity index (χ1) is 26.5. The third-order valence-electron chi connectivity index (χ3n) is 16.7. The minimum absolute atomic E-state index is 0.0113. The Morgan fingerprint density at radius 1 is 0.772 bits per heavy atom. The quantitative estimate of drug-likeness (QED) is 0.0976. The number of ether oxygens (including phenoxy) is 4. The predicted molar refractivity (Wildman–Crippen MR) is 204 cm³/mol. The van der Waals surface area contributed by atoms with Gasteiger partial charge in [-0.15, -0.1) is 0 Å². The molecule has 0 amide bonds. The topological polar surface area (TPSA) is 259 Å². The van der Waals surface area contributed by atoms with E-state index in [2.05, 4.69) is 20.8 Å². The van der Waals surface area contributed by atoms with Crippen molar-refractivity contribution in [3.05, 3.63) is 11.6 Å². The zero-order valence-corrected chi connectivity index (χ0v) is 34.7. The van der Waals surface area contributed by atoms with Gasteiger partial charge in [-0.3, -0.25) is 0 Å². The van der Waals surface area contributed by atoms with Crippen LogP contribution in [-0.4, -0.2) is 161 Å². The monoisotopic (exact) mass is 816 g/mol. The first-order valence-corrected chi connectivity index (χ1v) is 21.1. The van der Waals surface area contributed by atoms with E-state index in [-0.39, 0.29) is 30.3 Å². The van der Waals surface area contributed by atoms with Crippen LogP contribution in [0.2, 0.25) is 0 Å². The second-order valence-electron chi connectivity index (χ2n) is 20.2. The fourth-order valence-electron chi connectivity index (χ4n) is 13.4. The van der Waals surface area contributed by atoms with Crippen LogP contribution in [0.1, 0.15) is 99.8 Å². The van der Waals surface area contributed by atoms with Crippen LogP contribution in [0.5, 0.6) is 0 Å². The molecule has 0 bridgehead atoms. The maximum absolute atomic E-state index is 12.3. The zero-order chi connectivity index (χ0) is 42.2. The Morgan fingerprint density at radius 2 is 1.39 bits per heavy atom. The molecule has 15 nitrogen and oxygen atoms in total. The summed E-state index contributed by atoms with van der Waals surface area (Å²) >= 11 is 0. The van der Waals surface area contributed by atoms with Crippen molar-refractivity contribution in [3.63, 3.8) is 0 Å². The predicted octanol–water partition coefficient (Wildman–Crippen LogP) is 0.0922. The average Bonchev–Trinajstić information content (AvgIpc) is 3.54. The van der Waals surface area contributed by atoms with Gasteiger partial charge >= 0.3 is 0 Å². The summed E-state index contributed by atoms with van der Waals surface area (Å²) in [6.07, 6.45) is -11.4. The number of fused-ring (bicyclic) bond motifs is 5. The molecule has 0 spiro atoms. The van der Waals surface area contributed by atoms with Gasteiger partial charge in [0.15, 0.2) is 12.6 Å². The summed E-state index contributed by atoms with van der Waals surface area (Å²) in [5.74, 6) is -0.784. The Kier molecular flexibility index (Phi) is 13.2. The van der Waals surface area contributed by atoms with Crippen molar-refractivity contribution in [1.29, 1.82) is 0 Å². The van der Waals surface area contributed by atoms with Crippen molar-refractivity contribution in [1.82, 2.24) is 0 Å². The van der Waals surface area contributed by atoms with E-state index in [0.717, 1.165) is 12.0 Å². The third kappa shape index (κ3) is 7.49. The summed E-state index contributed by atoms with van der Waals surface area (Å²) in [6, 6.07) is 0. The highest BCUT2D eigenvalue weighted by Crippen LogP contribution is 2.76. The van der Waals surface area contributed by atoms with Crippen molar-refractivity contribution in [3.8, 4) is 0 Å². The third-order valence-corrected chi connectivity index (χ3v) is 16.7. The number of hydrogen-bond donors (Lipinski definition) is 11. The van der Waals surface area contributed by atoms with Crippen LogP contribution in [0.3, 0.4) is 0 Å². The molecule has 21 atom stereocenters. The molecule has 15 heteroatoms. The maximum atomic E-state index is 12.3. The summed E-state index contributed by atoms with van der Waals surface area (Å²) in [7, 11) is 0. The van der Waals surface area contributed by atoms with Crippen LogP contribution in [0.15, 0.2) is 11.6 Å². The van der Waals surface area contributed by atoms with Crippen molar-refractivity contribution in [2.75, 3.05) is 19.8 Å². The minimum atomic E-state index is -1.82. The molecular formula is C42H72O15. The second kappa shape index (κ2) is 16.4. The number of aliphatic hydroxyl groups excluding tert-OH is 10. The number of aliphatic hydroxyl groups is 11. The summed E-state index contributed by atoms with van der Waals surface area (Å²) < 4.78 is 24.9. The molecule has 0 unspecified atom stereocenters. The van der Waals surface area contributed by atoms with Gasteiger partial charge in [0.1, 0.15) is 48.8 Å². The lowest BCUT2D eigenvalue weighted by atomic mass is 9.34. The van der Waals surface area contributed by atoms with Gasteiger partial charge in [-0.25, -0.2) is 0 Å². The second-order valence-corrected chi connectivity index (χ2v) is 20.2. The highest BCUT2D eigenvalue weighted by Gasteiger charge is 2.73. The number of hydrogen-bond acceptors (Lipinski definition) is 15. The molecular weight excluding hydrogens is 744 g/mol. The molecule has 2 saturated heterocycles. The van der Waals surface area contributed by atoms with E-state index in [1.54, 1.807) is 0 Å². The molecule has 6 aliphatic rings. The van der Waals surface area contributed by atoms with Crippen molar-refractivity contribution >= 4 is 0 Å². The van der Waals surface area contributed by atoms with Crippen LogP contribution in [0.4, 0.5) is 0 Å². The van der Waals surface area contributed by atoms with Crippen molar-refractivity contribution in [2.24, 2.45) is 45.3 Å². The first kappa shape index (κ1) is 45.7. The van der Waals surface area contributed by atoms with Crippen LogP contribution in [-0.2, 0) is 18.9 Å². The van der Waals surface area contributed by atoms with Gasteiger partial charge in [0, 0.05) is 0 Å². The Labute approximate surface area is 336 Å². The van der Waals surface area contributed by atoms with E-state index in [9.17, 15) is 56.2 Å². The molecule has 330 valence electrons. The molecule has 2 heterocycles. The molecule has 57 heavy (non-hydrogen) atoms. The van der Waals surface area contributed by atoms with E-state index in [4.69, 9.17) is 18.9 Å². The van der Waals surface area contributed by atoms with Gasteiger partial charge in [-0.2, -0.15) is 0 Å². The lowest BCUT2D eigenvalue weighted by Crippen LogP contribution is -2.71. The Morgan fingerprint density at radius 3 is 2.00 bits per heavy atom. The molecule has 4 saturated carbocycles. The Balaban J connectivity index is 1.38. The number of allylic oxidation sites excluding steroid dienone is 1. The fourth-order valence-corrected chi connectivity index (χ4v) is 13.4. The lowest BCUT2D eigenvalue weighted by Gasteiger charge is -2.72. The van der Waals surface area contributed by atoms with Crippen LogP contribution < -0.4 is 0 Å². The molecule has 0 aromatic heterocycles. The van der Waals surface area contributed by atoms with Crippen LogP contribution in [0.25, 0.3) is 0 Å². The lowest BCUT2D eigenvalue weighted by molar-refractivity contribution is -0.383. The minimum Gasteiger partial charge on any atom is -0.394 e. The van der Waals surface area contributed by atoms with Crippen LogP contribution >= 0.6 is 0 Å². The molecule has 6 fully saturated rings. The molecule has 0 aromatic carbocycles. The summed E-state index contributed by atoms with van der Waals surface area (Å²) in [5, 5.41) is 120. The zero-order valence-electron chi connectivity index (χ0n) is 34.7. The largest absolute Gasteiger partial charge is 0.394 e. The number of rotatable bonds is 11. The van der Waals surface area contributed by atoms with Crippen LogP contribution in [0, 0.1) is 45.3 Å². The first-order valence-electron chi connectivity index (χ1n) is 21.1. The Bertz CT molecular complexity index is 1430. The van der Waals surface area contributed by atoms with E-state index in [1.807, 2.05) is 33.8 Å². The summed E-state index contributed by atoms with van der Waals surface area (Å²) in [5.41, 5.74) is -2.41. The van der Waals surface area contributed by atoms with Crippen molar-refractivity contribution < 1.29 is 75.1 Å². The van der Waals surface area contributed by atoms with Gasteiger partial charge in [0.05, 0.1) is 43.7 Å². The Hall–Kier alpha value is -0.860. The molecule has 11 N–H and O–H groups in total. The van der Waals surface area contributed by atoms with Gasteiger partial charge in [0.2, 0.25) is 0 Å². The normalized spacial score (nSPS) is 52.4. The summed E-state index contributed by atoms with van der Waals surface area (Å²) in [6.45, 7) is 13.0. The van der Waals surface area contributed by atoms with Gasteiger partial charge in [-0.05, 0) is 111 Å².